The van der Waals surface area contributed by atoms with Crippen molar-refractivity contribution < 1.29 is 17.7 Å². The highest BCUT2D eigenvalue weighted by molar-refractivity contribution is 7.88. The Labute approximate surface area is 166 Å². The molecule has 0 spiro atoms. The van der Waals surface area contributed by atoms with Crippen molar-refractivity contribution in [2.75, 3.05) is 7.11 Å². The van der Waals surface area contributed by atoms with Crippen LogP contribution in [0.25, 0.3) is 11.4 Å². The van der Waals surface area contributed by atoms with E-state index >= 15 is 0 Å². The van der Waals surface area contributed by atoms with E-state index in [1.807, 2.05) is 0 Å². The van der Waals surface area contributed by atoms with Gasteiger partial charge >= 0.3 is 0 Å². The molecule has 0 aliphatic carbocycles. The van der Waals surface area contributed by atoms with E-state index < -0.39 is 10.0 Å². The fourth-order valence-electron chi connectivity index (χ4n) is 2.25. The Balaban J connectivity index is 1.64. The molecule has 7 nitrogen and oxygen atoms in total. The van der Waals surface area contributed by atoms with Gasteiger partial charge < -0.3 is 9.26 Å². The number of ether oxygens (including phenoxy) is 1. The van der Waals surface area contributed by atoms with Gasteiger partial charge in [-0.05, 0) is 42.0 Å². The van der Waals surface area contributed by atoms with E-state index in [-0.39, 0.29) is 23.2 Å². The number of aromatic nitrogens is 2. The van der Waals surface area contributed by atoms with Gasteiger partial charge in [0, 0.05) is 15.6 Å². The molecule has 0 fully saturated rings. The van der Waals surface area contributed by atoms with Gasteiger partial charge in [-0.2, -0.15) is 4.98 Å². The molecular formula is C17H15Cl2N3O4S. The van der Waals surface area contributed by atoms with Gasteiger partial charge in [-0.1, -0.05) is 34.4 Å². The van der Waals surface area contributed by atoms with Gasteiger partial charge in [-0.25, -0.2) is 13.1 Å². The third-order valence-corrected chi connectivity index (χ3v) is 5.48. The molecule has 1 heterocycles. The lowest BCUT2D eigenvalue weighted by molar-refractivity contribution is 0.376. The molecule has 0 atom stereocenters. The largest absolute Gasteiger partial charge is 0.497 e. The van der Waals surface area contributed by atoms with Crippen molar-refractivity contribution in [2.24, 2.45) is 0 Å². The van der Waals surface area contributed by atoms with E-state index in [2.05, 4.69) is 14.9 Å². The molecule has 0 saturated heterocycles. The van der Waals surface area contributed by atoms with Crippen molar-refractivity contribution in [2.45, 2.75) is 12.3 Å². The summed E-state index contributed by atoms with van der Waals surface area (Å²) in [5.41, 5.74) is 1.17. The molecule has 0 bridgehead atoms. The number of nitrogens with zero attached hydrogens (tertiary/aromatic N) is 2. The monoisotopic (exact) mass is 427 g/mol. The van der Waals surface area contributed by atoms with Crippen LogP contribution in [0.4, 0.5) is 0 Å². The highest BCUT2D eigenvalue weighted by atomic mass is 35.5. The molecule has 142 valence electrons. The average molecular weight is 428 g/mol. The van der Waals surface area contributed by atoms with Crippen LogP contribution >= 0.6 is 23.2 Å². The number of nitrogens with one attached hydrogen (secondary N) is 1. The molecule has 0 radical (unpaired) electrons. The molecule has 0 aliphatic heterocycles. The van der Waals surface area contributed by atoms with Crippen LogP contribution < -0.4 is 9.46 Å². The number of rotatable bonds is 7. The Kier molecular flexibility index (Phi) is 6.01. The number of sulfonamides is 1. The zero-order valence-corrected chi connectivity index (χ0v) is 16.5. The molecule has 3 aromatic rings. The summed E-state index contributed by atoms with van der Waals surface area (Å²) >= 11 is 11.8. The van der Waals surface area contributed by atoms with Crippen LogP contribution in [-0.4, -0.2) is 25.7 Å². The normalized spacial score (nSPS) is 11.5. The maximum absolute atomic E-state index is 12.3. The molecule has 2 aromatic carbocycles. The first-order chi connectivity index (χ1) is 12.9. The van der Waals surface area contributed by atoms with Crippen molar-refractivity contribution in [3.63, 3.8) is 0 Å². The smallest absolute Gasteiger partial charge is 0.242 e. The van der Waals surface area contributed by atoms with Gasteiger partial charge in [-0.3, -0.25) is 0 Å². The van der Waals surface area contributed by atoms with E-state index in [1.165, 1.54) is 6.07 Å². The van der Waals surface area contributed by atoms with Gasteiger partial charge in [0.2, 0.25) is 21.7 Å². The molecule has 1 aromatic heterocycles. The topological polar surface area (TPSA) is 94.3 Å². The first-order valence-electron chi connectivity index (χ1n) is 7.74. The van der Waals surface area contributed by atoms with Crippen LogP contribution in [0.2, 0.25) is 10.0 Å². The molecule has 10 heteroatoms. The van der Waals surface area contributed by atoms with Gasteiger partial charge in [0.05, 0.1) is 19.4 Å². The minimum absolute atomic E-state index is 0.128. The van der Waals surface area contributed by atoms with Crippen LogP contribution in [0.1, 0.15) is 11.5 Å². The first-order valence-corrected chi connectivity index (χ1v) is 10.2. The van der Waals surface area contributed by atoms with Gasteiger partial charge in [-0.15, -0.1) is 0 Å². The summed E-state index contributed by atoms with van der Waals surface area (Å²) in [5.74, 6) is 0.915. The summed E-state index contributed by atoms with van der Waals surface area (Å²) < 4.78 is 37.1. The third kappa shape index (κ3) is 5.20. The van der Waals surface area contributed by atoms with Crippen LogP contribution in [-0.2, 0) is 22.3 Å². The maximum atomic E-state index is 12.3. The van der Waals surface area contributed by atoms with Crippen molar-refractivity contribution in [3.8, 4) is 17.1 Å². The Morgan fingerprint density at radius 2 is 1.89 bits per heavy atom. The van der Waals surface area contributed by atoms with Crippen molar-refractivity contribution in [1.82, 2.24) is 14.9 Å². The lowest BCUT2D eigenvalue weighted by Crippen LogP contribution is -2.25. The van der Waals surface area contributed by atoms with Crippen molar-refractivity contribution >= 4 is 33.2 Å². The molecule has 3 rings (SSSR count). The second kappa shape index (κ2) is 8.26. The van der Waals surface area contributed by atoms with Crippen molar-refractivity contribution in [3.05, 3.63) is 64.0 Å². The zero-order valence-electron chi connectivity index (χ0n) is 14.1. The quantitative estimate of drug-likeness (QED) is 0.617. The predicted octanol–water partition coefficient (Wildman–Crippen LogP) is 3.67. The van der Waals surface area contributed by atoms with Gasteiger partial charge in [0.1, 0.15) is 5.75 Å². The zero-order chi connectivity index (χ0) is 19.4. The summed E-state index contributed by atoms with van der Waals surface area (Å²) in [6, 6.07) is 11.7. The Bertz CT molecular complexity index is 1040. The Hall–Kier alpha value is -2.13. The highest BCUT2D eigenvalue weighted by Crippen LogP contribution is 2.23. The lowest BCUT2D eigenvalue weighted by atomic mass is 10.2. The van der Waals surface area contributed by atoms with E-state index in [0.717, 1.165) is 5.56 Å². The highest BCUT2D eigenvalue weighted by Gasteiger charge is 2.16. The summed E-state index contributed by atoms with van der Waals surface area (Å²) in [6.07, 6.45) is 0. The summed E-state index contributed by atoms with van der Waals surface area (Å²) in [6.45, 7) is -0.128. The van der Waals surface area contributed by atoms with Crippen LogP contribution in [0, 0.1) is 0 Å². The Morgan fingerprint density at radius 3 is 2.56 bits per heavy atom. The minimum atomic E-state index is -3.65. The molecule has 0 saturated carbocycles. The number of hydrogen-bond donors (Lipinski definition) is 1. The molecular weight excluding hydrogens is 413 g/mol. The average Bonchev–Trinajstić information content (AvgIpc) is 3.12. The van der Waals surface area contributed by atoms with Crippen LogP contribution in [0.15, 0.2) is 47.0 Å². The molecule has 0 amide bonds. The molecule has 1 N–H and O–H groups in total. The number of hydrogen-bond acceptors (Lipinski definition) is 6. The Morgan fingerprint density at radius 1 is 1.15 bits per heavy atom. The first kappa shape index (κ1) is 19.6. The molecule has 0 aliphatic rings. The van der Waals surface area contributed by atoms with E-state index in [4.69, 9.17) is 32.5 Å². The molecule has 0 unspecified atom stereocenters. The summed E-state index contributed by atoms with van der Waals surface area (Å²) in [5, 5.41) is 4.57. The summed E-state index contributed by atoms with van der Waals surface area (Å²) in [4.78, 5) is 4.19. The fourth-order valence-corrected chi connectivity index (χ4v) is 3.91. The fraction of sp³-hybridized carbons (Fsp3) is 0.176. The number of methoxy groups -OCH3 is 1. The molecule has 27 heavy (non-hydrogen) atoms. The van der Waals surface area contributed by atoms with E-state index in [0.29, 0.717) is 22.2 Å². The maximum Gasteiger partial charge on any atom is 0.242 e. The minimum Gasteiger partial charge on any atom is -0.497 e. The van der Waals surface area contributed by atoms with Gasteiger partial charge in [0.15, 0.2) is 0 Å². The lowest BCUT2D eigenvalue weighted by Gasteiger charge is -2.06. The standard InChI is InChI=1S/C17H15Cl2N3O4S/c1-25-14-6-3-11(4-7-14)17-21-16(26-22-17)9-20-27(23,24)10-12-2-5-13(18)8-15(12)19/h2-8,20H,9-10H2,1H3. The van der Waals surface area contributed by atoms with E-state index in [1.54, 1.807) is 43.5 Å². The second-order valence-corrected chi connectivity index (χ2v) is 8.21. The summed E-state index contributed by atoms with van der Waals surface area (Å²) in [7, 11) is -2.08. The predicted molar refractivity (Wildman–Crippen MR) is 102 cm³/mol. The second-order valence-electron chi connectivity index (χ2n) is 5.56. The third-order valence-electron chi connectivity index (χ3n) is 3.62. The SMILES string of the molecule is COc1ccc(-c2noc(CNS(=O)(=O)Cc3ccc(Cl)cc3Cl)n2)cc1. The van der Waals surface area contributed by atoms with Crippen LogP contribution in [0.5, 0.6) is 5.75 Å². The van der Waals surface area contributed by atoms with Crippen molar-refractivity contribution in [1.29, 1.82) is 0 Å². The van der Waals surface area contributed by atoms with Crippen LogP contribution in [0.3, 0.4) is 0 Å². The van der Waals surface area contributed by atoms with E-state index in [9.17, 15) is 8.42 Å². The van der Waals surface area contributed by atoms with Gasteiger partial charge in [0.25, 0.3) is 0 Å². The number of benzene rings is 2. The number of halogens is 2.